The Labute approximate surface area is 142 Å². The Morgan fingerprint density at radius 1 is 1.22 bits per heavy atom. The van der Waals surface area contributed by atoms with E-state index in [1.807, 2.05) is 30.3 Å². The first-order valence-corrected chi connectivity index (χ1v) is 8.38. The Bertz CT molecular complexity index is 684. The zero-order valence-corrected chi connectivity index (χ0v) is 14.0. The molecule has 0 aliphatic carbocycles. The number of hydrogen-bond acceptors (Lipinski definition) is 2. The molecule has 3 rings (SSSR count). The number of carbonyl (C=O) groups excluding carboxylic acids is 1. The third-order valence-corrected chi connectivity index (χ3v) is 4.62. The van der Waals surface area contributed by atoms with Crippen LogP contribution < -0.4 is 10.2 Å². The van der Waals surface area contributed by atoms with Gasteiger partial charge in [-0.3, -0.25) is 4.79 Å². The van der Waals surface area contributed by atoms with Crippen LogP contribution in [0.15, 0.2) is 48.5 Å². The summed E-state index contributed by atoms with van der Waals surface area (Å²) in [5.74, 6) is 0.700. The van der Waals surface area contributed by atoms with E-state index in [0.29, 0.717) is 5.02 Å². The largest absolute Gasteiger partial charge is 0.371 e. The van der Waals surface area contributed by atoms with E-state index in [4.69, 9.17) is 11.6 Å². The van der Waals surface area contributed by atoms with E-state index in [9.17, 15) is 4.79 Å². The van der Waals surface area contributed by atoms with E-state index >= 15 is 0 Å². The first kappa shape index (κ1) is 15.9. The monoisotopic (exact) mass is 328 g/mol. The fourth-order valence-electron chi connectivity index (χ4n) is 2.95. The molecule has 0 saturated carbocycles. The molecule has 1 heterocycles. The second kappa shape index (κ2) is 7.05. The van der Waals surface area contributed by atoms with E-state index in [1.54, 1.807) is 6.07 Å². The molecule has 1 aliphatic heterocycles. The molecule has 120 valence electrons. The van der Waals surface area contributed by atoms with E-state index < -0.39 is 0 Å². The van der Waals surface area contributed by atoms with Gasteiger partial charge in [-0.1, -0.05) is 36.7 Å². The Morgan fingerprint density at radius 3 is 2.61 bits per heavy atom. The fourth-order valence-corrected chi connectivity index (χ4v) is 3.15. The lowest BCUT2D eigenvalue weighted by Crippen LogP contribution is -2.19. The lowest BCUT2D eigenvalue weighted by molar-refractivity contribution is -0.115. The standard InChI is InChI=1S/C19H21ClN2O/c1-14-10-11-22(13-14)17-8-6-16(7-9-17)21-19(23)12-15-4-2-3-5-18(15)20/h2-9,14H,10-13H2,1H3,(H,21,23). The molecule has 23 heavy (non-hydrogen) atoms. The molecule has 2 aromatic rings. The molecule has 1 unspecified atom stereocenters. The average Bonchev–Trinajstić information content (AvgIpc) is 2.97. The van der Waals surface area contributed by atoms with E-state index in [-0.39, 0.29) is 12.3 Å². The summed E-state index contributed by atoms with van der Waals surface area (Å²) < 4.78 is 0. The van der Waals surface area contributed by atoms with Gasteiger partial charge < -0.3 is 10.2 Å². The van der Waals surface area contributed by atoms with Gasteiger partial charge in [0.25, 0.3) is 0 Å². The highest BCUT2D eigenvalue weighted by Crippen LogP contribution is 2.25. The fraction of sp³-hybridized carbons (Fsp3) is 0.316. The van der Waals surface area contributed by atoms with Crippen LogP contribution >= 0.6 is 11.6 Å². The minimum Gasteiger partial charge on any atom is -0.371 e. The number of nitrogens with one attached hydrogen (secondary N) is 1. The minimum atomic E-state index is -0.0550. The molecule has 1 saturated heterocycles. The van der Waals surface area contributed by atoms with Gasteiger partial charge in [0.2, 0.25) is 5.91 Å². The molecule has 1 amide bonds. The predicted octanol–water partition coefficient (Wildman–Crippen LogP) is 4.37. The molecular formula is C19H21ClN2O. The minimum absolute atomic E-state index is 0.0550. The Kier molecular flexibility index (Phi) is 4.87. The molecule has 1 fully saturated rings. The van der Waals surface area contributed by atoms with Gasteiger partial charge in [0.1, 0.15) is 0 Å². The molecule has 1 N–H and O–H groups in total. The quantitative estimate of drug-likeness (QED) is 0.904. The molecule has 0 aromatic heterocycles. The van der Waals surface area contributed by atoms with Gasteiger partial charge >= 0.3 is 0 Å². The maximum absolute atomic E-state index is 12.1. The van der Waals surface area contributed by atoms with Crippen LogP contribution in [0.1, 0.15) is 18.9 Å². The third kappa shape index (κ3) is 4.05. The van der Waals surface area contributed by atoms with Crippen LogP contribution in [0.25, 0.3) is 0 Å². The normalized spacial score (nSPS) is 17.3. The predicted molar refractivity (Wildman–Crippen MR) is 96.2 cm³/mol. The van der Waals surface area contributed by atoms with Crippen LogP contribution in [0, 0.1) is 5.92 Å². The molecule has 0 radical (unpaired) electrons. The molecule has 4 heteroatoms. The molecule has 1 aliphatic rings. The molecule has 1 atom stereocenters. The highest BCUT2D eigenvalue weighted by atomic mass is 35.5. The summed E-state index contributed by atoms with van der Waals surface area (Å²) in [5, 5.41) is 3.55. The number of halogens is 1. The summed E-state index contributed by atoms with van der Waals surface area (Å²) in [6.07, 6.45) is 1.53. The Morgan fingerprint density at radius 2 is 1.96 bits per heavy atom. The summed E-state index contributed by atoms with van der Waals surface area (Å²) in [6.45, 7) is 4.50. The van der Waals surface area contributed by atoms with Crippen LogP contribution in [-0.4, -0.2) is 19.0 Å². The van der Waals surface area contributed by atoms with Crippen molar-refractivity contribution in [1.29, 1.82) is 0 Å². The summed E-state index contributed by atoms with van der Waals surface area (Å²) in [4.78, 5) is 14.5. The number of hydrogen-bond donors (Lipinski definition) is 1. The van der Waals surface area contributed by atoms with E-state index in [2.05, 4.69) is 29.3 Å². The average molecular weight is 329 g/mol. The third-order valence-electron chi connectivity index (χ3n) is 4.25. The maximum Gasteiger partial charge on any atom is 0.228 e. The maximum atomic E-state index is 12.1. The number of nitrogens with zero attached hydrogens (tertiary/aromatic N) is 1. The van der Waals surface area contributed by atoms with Gasteiger partial charge in [-0.05, 0) is 48.2 Å². The lowest BCUT2D eigenvalue weighted by atomic mass is 10.1. The number of carbonyl (C=O) groups is 1. The smallest absolute Gasteiger partial charge is 0.228 e. The summed E-state index contributed by atoms with van der Waals surface area (Å²) in [5.41, 5.74) is 2.88. The van der Waals surface area contributed by atoms with E-state index in [1.165, 1.54) is 12.1 Å². The van der Waals surface area contributed by atoms with Gasteiger partial charge in [-0.25, -0.2) is 0 Å². The highest BCUT2D eigenvalue weighted by Gasteiger charge is 2.18. The van der Waals surface area contributed by atoms with Crippen molar-refractivity contribution in [1.82, 2.24) is 0 Å². The van der Waals surface area contributed by atoms with Crippen LogP contribution in [-0.2, 0) is 11.2 Å². The molecular weight excluding hydrogens is 308 g/mol. The second-order valence-corrected chi connectivity index (χ2v) is 6.61. The topological polar surface area (TPSA) is 32.3 Å². The van der Waals surface area contributed by atoms with Crippen molar-refractivity contribution in [2.45, 2.75) is 19.8 Å². The van der Waals surface area contributed by atoms with Crippen LogP contribution in [0.2, 0.25) is 5.02 Å². The molecule has 3 nitrogen and oxygen atoms in total. The van der Waals surface area contributed by atoms with Crippen molar-refractivity contribution in [3.63, 3.8) is 0 Å². The van der Waals surface area contributed by atoms with Gasteiger partial charge in [-0.15, -0.1) is 0 Å². The van der Waals surface area contributed by atoms with E-state index in [0.717, 1.165) is 30.3 Å². The number of anilines is 2. The van der Waals surface area contributed by atoms with Crippen LogP contribution in [0.4, 0.5) is 11.4 Å². The Hall–Kier alpha value is -2.00. The van der Waals surface area contributed by atoms with Gasteiger partial charge in [0.05, 0.1) is 6.42 Å². The Balaban J connectivity index is 1.60. The highest BCUT2D eigenvalue weighted by molar-refractivity contribution is 6.31. The number of amides is 1. The van der Waals surface area contributed by atoms with Crippen LogP contribution in [0.3, 0.4) is 0 Å². The molecule has 0 bridgehead atoms. The van der Waals surface area contributed by atoms with Crippen molar-refractivity contribution in [2.75, 3.05) is 23.3 Å². The van der Waals surface area contributed by atoms with Crippen molar-refractivity contribution in [3.05, 3.63) is 59.1 Å². The molecule has 2 aromatic carbocycles. The van der Waals surface area contributed by atoms with Crippen LogP contribution in [0.5, 0.6) is 0 Å². The number of rotatable bonds is 4. The zero-order valence-electron chi connectivity index (χ0n) is 13.3. The zero-order chi connectivity index (χ0) is 16.2. The first-order valence-electron chi connectivity index (χ1n) is 8.00. The van der Waals surface area contributed by atoms with Gasteiger partial charge in [0.15, 0.2) is 0 Å². The van der Waals surface area contributed by atoms with Crippen molar-refractivity contribution < 1.29 is 4.79 Å². The summed E-state index contributed by atoms with van der Waals surface area (Å²) in [7, 11) is 0. The van der Waals surface area contributed by atoms with Gasteiger partial charge in [-0.2, -0.15) is 0 Å². The summed E-state index contributed by atoms with van der Waals surface area (Å²) >= 11 is 6.09. The van der Waals surface area contributed by atoms with Crippen molar-refractivity contribution in [3.8, 4) is 0 Å². The number of benzene rings is 2. The summed E-state index contributed by atoms with van der Waals surface area (Å²) in [6, 6.07) is 15.5. The lowest BCUT2D eigenvalue weighted by Gasteiger charge is -2.18. The first-order chi connectivity index (χ1) is 11.1. The second-order valence-electron chi connectivity index (χ2n) is 6.20. The molecule has 0 spiro atoms. The SMILES string of the molecule is CC1CCN(c2ccc(NC(=O)Cc3ccccc3Cl)cc2)C1. The van der Waals surface area contributed by atoms with Crippen molar-refractivity contribution in [2.24, 2.45) is 5.92 Å². The van der Waals surface area contributed by atoms with Crippen molar-refractivity contribution >= 4 is 28.9 Å². The van der Waals surface area contributed by atoms with Gasteiger partial charge in [0, 0.05) is 29.5 Å².